The number of aliphatic hydroxyl groups is 1. The van der Waals surface area contributed by atoms with Crippen LogP contribution in [0.3, 0.4) is 0 Å². The molecule has 1 saturated carbocycles. The summed E-state index contributed by atoms with van der Waals surface area (Å²) in [6, 6.07) is 7.33. The van der Waals surface area contributed by atoms with Crippen LogP contribution in [0.1, 0.15) is 69.4 Å². The van der Waals surface area contributed by atoms with Crippen molar-refractivity contribution in [2.75, 3.05) is 26.2 Å². The van der Waals surface area contributed by atoms with Gasteiger partial charge in [-0.05, 0) is 106 Å². The molecule has 3 heterocycles. The number of aliphatic hydroxyl groups excluding tert-OH is 1. The number of rotatable bonds is 7. The normalized spacial score (nSPS) is 28.6. The Balaban J connectivity index is 1.37. The third kappa shape index (κ3) is 5.49. The van der Waals surface area contributed by atoms with E-state index in [1.807, 2.05) is 0 Å². The number of carbonyl (C=O) groups excluding carboxylic acids is 1. The molecule has 3 saturated heterocycles. The zero-order valence-electron chi connectivity index (χ0n) is 23.6. The van der Waals surface area contributed by atoms with Gasteiger partial charge in [0.1, 0.15) is 11.6 Å². The summed E-state index contributed by atoms with van der Waals surface area (Å²) in [4.78, 5) is 18.7. The molecule has 0 unspecified atom stereocenters. The van der Waals surface area contributed by atoms with Gasteiger partial charge in [0.2, 0.25) is 15.9 Å². The average Bonchev–Trinajstić information content (AvgIpc) is 3.68. The smallest absolute Gasteiger partial charge is 0.243 e. The molecule has 11 heteroatoms. The van der Waals surface area contributed by atoms with Crippen LogP contribution in [-0.2, 0) is 14.8 Å². The van der Waals surface area contributed by atoms with Gasteiger partial charge in [0.05, 0.1) is 29.0 Å². The number of amides is 1. The van der Waals surface area contributed by atoms with Crippen LogP contribution >= 0.6 is 11.6 Å². The minimum Gasteiger partial charge on any atom is -0.394 e. The van der Waals surface area contributed by atoms with Crippen molar-refractivity contribution in [2.45, 2.75) is 86.9 Å². The molecule has 2 aromatic rings. The second-order valence-electron chi connectivity index (χ2n) is 12.4. The van der Waals surface area contributed by atoms with Gasteiger partial charge in [-0.2, -0.15) is 4.31 Å². The molecular formula is C31H38ClF2N3O4S. The van der Waals surface area contributed by atoms with Crippen LogP contribution in [0.4, 0.5) is 8.78 Å². The highest BCUT2D eigenvalue weighted by Gasteiger charge is 2.63. The summed E-state index contributed by atoms with van der Waals surface area (Å²) >= 11 is 6.06. The van der Waals surface area contributed by atoms with Gasteiger partial charge < -0.3 is 10.0 Å². The molecule has 42 heavy (non-hydrogen) atoms. The Morgan fingerprint density at radius 3 is 2.26 bits per heavy atom. The molecule has 3 aliphatic heterocycles. The fourth-order valence-electron chi connectivity index (χ4n) is 7.61. The summed E-state index contributed by atoms with van der Waals surface area (Å²) in [6.07, 6.45) is 6.63. The molecule has 1 N–H and O–H groups in total. The maximum absolute atomic E-state index is 14.5. The van der Waals surface area contributed by atoms with E-state index in [0.29, 0.717) is 50.1 Å². The number of carbonyl (C=O) groups is 1. The van der Waals surface area contributed by atoms with Gasteiger partial charge in [-0.1, -0.05) is 18.0 Å². The number of likely N-dealkylation sites (tertiary alicyclic amines) is 2. The minimum absolute atomic E-state index is 0.0171. The Hall–Kier alpha value is -2.11. The summed E-state index contributed by atoms with van der Waals surface area (Å²) in [5.74, 6) is -1.67. The van der Waals surface area contributed by atoms with Crippen LogP contribution in [0.15, 0.2) is 47.4 Å². The van der Waals surface area contributed by atoms with Crippen LogP contribution in [0.5, 0.6) is 0 Å². The van der Waals surface area contributed by atoms with Crippen LogP contribution in [0, 0.1) is 17.0 Å². The zero-order chi connectivity index (χ0) is 29.6. The average molecular weight is 622 g/mol. The Labute approximate surface area is 251 Å². The molecule has 0 radical (unpaired) electrons. The molecule has 0 aromatic heterocycles. The molecule has 6 rings (SSSR count). The first kappa shape index (κ1) is 29.9. The molecule has 4 atom stereocenters. The molecule has 1 amide bonds. The van der Waals surface area contributed by atoms with E-state index in [1.165, 1.54) is 47.1 Å². The van der Waals surface area contributed by atoms with E-state index in [-0.39, 0.29) is 35.1 Å². The van der Waals surface area contributed by atoms with Gasteiger partial charge in [-0.3, -0.25) is 9.69 Å². The minimum atomic E-state index is -4.20. The Morgan fingerprint density at radius 1 is 0.976 bits per heavy atom. The zero-order valence-corrected chi connectivity index (χ0v) is 25.2. The van der Waals surface area contributed by atoms with Gasteiger partial charge in [0.25, 0.3) is 0 Å². The number of hydrogen-bond donors (Lipinski definition) is 1. The van der Waals surface area contributed by atoms with Crippen molar-refractivity contribution in [3.63, 3.8) is 0 Å². The summed E-state index contributed by atoms with van der Waals surface area (Å²) in [7, 11) is -4.20. The Bertz CT molecular complexity index is 1400. The highest BCUT2D eigenvalue weighted by Crippen LogP contribution is 2.58. The molecule has 2 aromatic carbocycles. The van der Waals surface area contributed by atoms with E-state index >= 15 is 0 Å². The van der Waals surface area contributed by atoms with Gasteiger partial charge >= 0.3 is 0 Å². The van der Waals surface area contributed by atoms with Gasteiger partial charge in [-0.15, -0.1) is 0 Å². The third-order valence-electron chi connectivity index (χ3n) is 9.85. The van der Waals surface area contributed by atoms with E-state index in [2.05, 4.69) is 4.90 Å². The molecule has 4 fully saturated rings. The van der Waals surface area contributed by atoms with Crippen LogP contribution < -0.4 is 0 Å². The third-order valence-corrected chi connectivity index (χ3v) is 12.0. The first-order valence-electron chi connectivity index (χ1n) is 15.0. The van der Waals surface area contributed by atoms with E-state index in [0.717, 1.165) is 32.0 Å². The monoisotopic (exact) mass is 621 g/mol. The van der Waals surface area contributed by atoms with Gasteiger partial charge in [0, 0.05) is 29.7 Å². The van der Waals surface area contributed by atoms with Crippen molar-refractivity contribution in [2.24, 2.45) is 5.41 Å². The maximum Gasteiger partial charge on any atom is 0.243 e. The first-order valence-corrected chi connectivity index (χ1v) is 16.9. The molecule has 7 nitrogen and oxygen atoms in total. The van der Waals surface area contributed by atoms with Crippen molar-refractivity contribution in [3.8, 4) is 0 Å². The van der Waals surface area contributed by atoms with Gasteiger partial charge in [-0.25, -0.2) is 17.2 Å². The Morgan fingerprint density at radius 2 is 1.64 bits per heavy atom. The van der Waals surface area contributed by atoms with Crippen molar-refractivity contribution in [1.29, 1.82) is 0 Å². The van der Waals surface area contributed by atoms with Crippen molar-refractivity contribution in [1.82, 2.24) is 14.1 Å². The SMILES string of the molecule is O=C(N1C[C@@H](N2CCCCC2)C[C@H]1CO)C1([C@H]2CCC[C@@H](c3cc(F)cc(F)c3)N2S(=O)(=O)c2ccc(Cl)cc2)CC1. The largest absolute Gasteiger partial charge is 0.394 e. The maximum atomic E-state index is 14.5. The number of piperidine rings is 2. The number of halogens is 3. The molecular weight excluding hydrogens is 584 g/mol. The Kier molecular flexibility index (Phi) is 8.39. The number of hydrogen-bond acceptors (Lipinski definition) is 5. The van der Waals surface area contributed by atoms with Crippen LogP contribution in [-0.4, -0.2) is 77.9 Å². The second kappa shape index (κ2) is 11.8. The first-order chi connectivity index (χ1) is 20.1. The quantitative estimate of drug-likeness (QED) is 0.464. The van der Waals surface area contributed by atoms with Crippen molar-refractivity contribution in [3.05, 3.63) is 64.7 Å². The topological polar surface area (TPSA) is 81.2 Å². The predicted molar refractivity (Wildman–Crippen MR) is 155 cm³/mol. The predicted octanol–water partition coefficient (Wildman–Crippen LogP) is 5.13. The van der Waals surface area contributed by atoms with E-state index in [4.69, 9.17) is 11.6 Å². The highest BCUT2D eigenvalue weighted by atomic mass is 35.5. The number of nitrogens with zero attached hydrogens (tertiary/aromatic N) is 3. The molecule has 0 spiro atoms. The molecule has 4 aliphatic rings. The number of benzene rings is 2. The molecule has 1 aliphatic carbocycles. The second-order valence-corrected chi connectivity index (χ2v) is 14.7. The van der Waals surface area contributed by atoms with E-state index < -0.39 is 39.2 Å². The lowest BCUT2D eigenvalue weighted by Crippen LogP contribution is -2.55. The van der Waals surface area contributed by atoms with E-state index in [1.54, 1.807) is 4.90 Å². The van der Waals surface area contributed by atoms with Crippen molar-refractivity contribution >= 4 is 27.5 Å². The summed E-state index contributed by atoms with van der Waals surface area (Å²) < 4.78 is 59.0. The van der Waals surface area contributed by atoms with Gasteiger partial charge in [0.15, 0.2) is 0 Å². The lowest BCUT2D eigenvalue weighted by molar-refractivity contribution is -0.141. The lowest BCUT2D eigenvalue weighted by Gasteiger charge is -2.45. The number of sulfonamides is 1. The lowest BCUT2D eigenvalue weighted by atomic mass is 9.84. The fourth-order valence-corrected chi connectivity index (χ4v) is 9.67. The summed E-state index contributed by atoms with van der Waals surface area (Å²) in [5.41, 5.74) is -0.716. The van der Waals surface area contributed by atoms with Crippen molar-refractivity contribution < 1.29 is 27.1 Å². The standard InChI is InChI=1S/C31H38ClF2N3O4S/c32-22-7-9-27(10-8-22)42(40,41)37-28(21-15-23(33)17-24(34)16-21)5-4-6-29(37)31(11-12-31)30(39)36-19-25(18-26(36)20-38)35-13-2-1-3-14-35/h7-10,15-17,25-26,28-29,38H,1-6,11-14,18-20H2/t25-,26-,28-,29+/m0/s1. The van der Waals surface area contributed by atoms with Crippen LogP contribution in [0.25, 0.3) is 0 Å². The molecule has 228 valence electrons. The molecule has 0 bridgehead atoms. The highest BCUT2D eigenvalue weighted by molar-refractivity contribution is 7.89. The summed E-state index contributed by atoms with van der Waals surface area (Å²) in [5, 5.41) is 10.7. The fraction of sp³-hybridized carbons (Fsp3) is 0.581. The van der Waals surface area contributed by atoms with E-state index in [9.17, 15) is 27.1 Å². The summed E-state index contributed by atoms with van der Waals surface area (Å²) in [6.45, 7) is 2.34. The van der Waals surface area contributed by atoms with Crippen LogP contribution in [0.2, 0.25) is 5.02 Å².